The third kappa shape index (κ3) is 4.18. The maximum absolute atomic E-state index is 12.8. The van der Waals surface area contributed by atoms with Gasteiger partial charge >= 0.3 is 0 Å². The molecule has 1 saturated carbocycles. The predicted molar refractivity (Wildman–Crippen MR) is 89.5 cm³/mol. The summed E-state index contributed by atoms with van der Waals surface area (Å²) in [7, 11) is 0. The van der Waals surface area contributed by atoms with Crippen molar-refractivity contribution in [2.75, 3.05) is 0 Å². The molecule has 2 rings (SSSR count). The lowest BCUT2D eigenvalue weighted by molar-refractivity contribution is 0.0857. The van der Waals surface area contributed by atoms with Crippen LogP contribution in [-0.4, -0.2) is 15.6 Å². The van der Waals surface area contributed by atoms with Gasteiger partial charge in [0, 0.05) is 12.5 Å². The van der Waals surface area contributed by atoms with Gasteiger partial charge in [-0.25, -0.2) is 0 Å². The molecule has 0 N–H and O–H groups in total. The first-order valence-electron chi connectivity index (χ1n) is 8.42. The summed E-state index contributed by atoms with van der Waals surface area (Å²) in [6, 6.07) is 0. The molecule has 1 aliphatic rings. The lowest BCUT2D eigenvalue weighted by Crippen LogP contribution is -2.24. The predicted octanol–water partition coefficient (Wildman–Crippen LogP) is 5.23. The van der Waals surface area contributed by atoms with Crippen molar-refractivity contribution in [3.05, 3.63) is 16.4 Å². The maximum Gasteiger partial charge on any atom is 0.185 e. The topological polar surface area (TPSA) is 34.9 Å². The molecule has 1 aromatic rings. The summed E-state index contributed by atoms with van der Waals surface area (Å²) in [6.45, 7) is 5.18. The Morgan fingerprint density at radius 1 is 1.29 bits per heavy atom. The van der Waals surface area contributed by atoms with Crippen molar-refractivity contribution < 1.29 is 4.79 Å². The van der Waals surface area contributed by atoms with E-state index in [1.165, 1.54) is 32.1 Å². The second-order valence-corrected chi connectivity index (χ2v) is 7.14. The Kier molecular flexibility index (Phi) is 6.46. The summed E-state index contributed by atoms with van der Waals surface area (Å²) in [5, 5.41) is 4.33. The molecule has 0 amide bonds. The smallest absolute Gasteiger partial charge is 0.185 e. The van der Waals surface area contributed by atoms with Crippen molar-refractivity contribution in [1.82, 2.24) is 9.78 Å². The highest BCUT2D eigenvalue weighted by Crippen LogP contribution is 2.34. The number of aromatic nitrogens is 2. The molecule has 0 atom stereocenters. The minimum Gasteiger partial charge on any atom is -0.292 e. The van der Waals surface area contributed by atoms with Crippen LogP contribution in [0.3, 0.4) is 0 Å². The van der Waals surface area contributed by atoms with Crippen LogP contribution in [0.2, 0.25) is 0 Å². The monoisotopic (exact) mass is 354 g/mol. The van der Waals surface area contributed by atoms with E-state index in [4.69, 9.17) is 0 Å². The zero-order valence-electron chi connectivity index (χ0n) is 13.3. The van der Waals surface area contributed by atoms with E-state index in [0.717, 1.165) is 41.9 Å². The fraction of sp³-hybridized carbons (Fsp3) is 0.765. The second kappa shape index (κ2) is 8.11. The summed E-state index contributed by atoms with van der Waals surface area (Å²) in [5.74, 6) is 1.34. The first-order chi connectivity index (χ1) is 10.2. The van der Waals surface area contributed by atoms with Gasteiger partial charge in [-0.1, -0.05) is 33.1 Å². The number of aryl methyl sites for hydroxylation is 1. The molecule has 4 heteroatoms. The van der Waals surface area contributed by atoms with E-state index in [1.807, 2.05) is 4.68 Å². The van der Waals surface area contributed by atoms with Gasteiger partial charge in [0.05, 0.1) is 10.7 Å². The summed E-state index contributed by atoms with van der Waals surface area (Å²) < 4.78 is 2.73. The molecule has 1 fully saturated rings. The second-order valence-electron chi connectivity index (χ2n) is 6.29. The fourth-order valence-electron chi connectivity index (χ4n) is 3.39. The minimum absolute atomic E-state index is 0.200. The van der Waals surface area contributed by atoms with Crippen LogP contribution in [0.25, 0.3) is 0 Å². The lowest BCUT2D eigenvalue weighted by atomic mass is 9.77. The van der Waals surface area contributed by atoms with Crippen LogP contribution in [0, 0.1) is 11.8 Å². The summed E-state index contributed by atoms with van der Waals surface area (Å²) in [5.41, 5.74) is 0.786. The summed E-state index contributed by atoms with van der Waals surface area (Å²) in [4.78, 5) is 12.8. The van der Waals surface area contributed by atoms with Crippen molar-refractivity contribution in [1.29, 1.82) is 0 Å². The Bertz CT molecular complexity index is 461. The molecular formula is C17H27BrN2O. The van der Waals surface area contributed by atoms with Gasteiger partial charge in [-0.15, -0.1) is 0 Å². The summed E-state index contributed by atoms with van der Waals surface area (Å²) >= 11 is 3.50. The number of Topliss-reactive ketones (excluding diaryl/α,β-unsaturated/α-hetero) is 1. The number of carbonyl (C=O) groups excluding carboxylic acids is 1. The third-order valence-corrected chi connectivity index (χ3v) is 5.23. The molecule has 0 aromatic carbocycles. The molecule has 0 bridgehead atoms. The van der Waals surface area contributed by atoms with E-state index in [0.29, 0.717) is 5.78 Å². The van der Waals surface area contributed by atoms with E-state index in [1.54, 1.807) is 6.20 Å². The number of unbranched alkanes of at least 4 members (excludes halogenated alkanes) is 1. The molecule has 21 heavy (non-hydrogen) atoms. The SMILES string of the molecule is CCCCC1CCC(C(=O)c2c(Br)cnn2CCC)CC1. The van der Waals surface area contributed by atoms with Crippen LogP contribution in [0.5, 0.6) is 0 Å². The number of nitrogens with zero attached hydrogens (tertiary/aromatic N) is 2. The average molecular weight is 355 g/mol. The number of hydrogen-bond acceptors (Lipinski definition) is 2. The first-order valence-corrected chi connectivity index (χ1v) is 9.22. The molecule has 118 valence electrons. The normalized spacial score (nSPS) is 22.4. The molecule has 0 saturated heterocycles. The number of rotatable bonds is 7. The fourth-order valence-corrected chi connectivity index (χ4v) is 3.88. The van der Waals surface area contributed by atoms with Crippen molar-refractivity contribution in [2.24, 2.45) is 11.8 Å². The third-order valence-electron chi connectivity index (χ3n) is 4.65. The van der Waals surface area contributed by atoms with Crippen LogP contribution in [0.15, 0.2) is 10.7 Å². The lowest BCUT2D eigenvalue weighted by Gasteiger charge is -2.27. The highest BCUT2D eigenvalue weighted by Gasteiger charge is 2.29. The van der Waals surface area contributed by atoms with Gasteiger partial charge in [0.15, 0.2) is 5.78 Å². The van der Waals surface area contributed by atoms with Crippen molar-refractivity contribution in [3.8, 4) is 0 Å². The Hall–Kier alpha value is -0.640. The zero-order valence-corrected chi connectivity index (χ0v) is 14.9. The van der Waals surface area contributed by atoms with Crippen LogP contribution in [-0.2, 0) is 6.54 Å². The molecule has 1 aliphatic carbocycles. The number of halogens is 1. The van der Waals surface area contributed by atoms with Gasteiger partial charge in [-0.05, 0) is 54.0 Å². The number of ketones is 1. The molecule has 1 aromatic heterocycles. The van der Waals surface area contributed by atoms with E-state index in [2.05, 4.69) is 34.9 Å². The Balaban J connectivity index is 1.97. The van der Waals surface area contributed by atoms with Crippen LogP contribution in [0.4, 0.5) is 0 Å². The van der Waals surface area contributed by atoms with Crippen LogP contribution < -0.4 is 0 Å². The average Bonchev–Trinajstić information content (AvgIpc) is 2.86. The Morgan fingerprint density at radius 3 is 2.62 bits per heavy atom. The van der Waals surface area contributed by atoms with Gasteiger partial charge < -0.3 is 0 Å². The molecule has 0 spiro atoms. The first kappa shape index (κ1) is 16.7. The van der Waals surface area contributed by atoms with E-state index in [9.17, 15) is 4.79 Å². The molecule has 0 radical (unpaired) electrons. The maximum atomic E-state index is 12.8. The quantitative estimate of drug-likeness (QED) is 0.627. The highest BCUT2D eigenvalue weighted by molar-refractivity contribution is 9.10. The van der Waals surface area contributed by atoms with Crippen molar-refractivity contribution in [3.63, 3.8) is 0 Å². The van der Waals surface area contributed by atoms with Gasteiger partial charge in [0.25, 0.3) is 0 Å². The van der Waals surface area contributed by atoms with E-state index >= 15 is 0 Å². The van der Waals surface area contributed by atoms with E-state index < -0.39 is 0 Å². The van der Waals surface area contributed by atoms with Gasteiger partial charge in [-0.3, -0.25) is 9.48 Å². The number of carbonyl (C=O) groups is 1. The Morgan fingerprint density at radius 2 is 2.00 bits per heavy atom. The van der Waals surface area contributed by atoms with Gasteiger partial charge in [-0.2, -0.15) is 5.10 Å². The Labute approximate surface area is 136 Å². The van der Waals surface area contributed by atoms with Crippen LogP contribution in [0.1, 0.15) is 75.7 Å². The summed E-state index contributed by atoms with van der Waals surface area (Å²) in [6.07, 6.45) is 11.3. The largest absolute Gasteiger partial charge is 0.292 e. The molecular weight excluding hydrogens is 328 g/mol. The highest BCUT2D eigenvalue weighted by atomic mass is 79.9. The van der Waals surface area contributed by atoms with Crippen molar-refractivity contribution >= 4 is 21.7 Å². The zero-order chi connectivity index (χ0) is 15.2. The van der Waals surface area contributed by atoms with Gasteiger partial charge in [0.1, 0.15) is 5.69 Å². The van der Waals surface area contributed by atoms with E-state index in [-0.39, 0.29) is 5.92 Å². The molecule has 1 heterocycles. The molecule has 0 aliphatic heterocycles. The standard InChI is InChI=1S/C17H27BrN2O/c1-3-5-6-13-7-9-14(10-8-13)17(21)16-15(18)12-19-20(16)11-4-2/h12-14H,3-11H2,1-2H3. The van der Waals surface area contributed by atoms with Crippen molar-refractivity contribution in [2.45, 2.75) is 71.8 Å². The minimum atomic E-state index is 0.200. The molecule has 0 unspecified atom stereocenters. The number of hydrogen-bond donors (Lipinski definition) is 0. The molecule has 3 nitrogen and oxygen atoms in total. The van der Waals surface area contributed by atoms with Gasteiger partial charge in [0.2, 0.25) is 0 Å². The van der Waals surface area contributed by atoms with Crippen LogP contribution >= 0.6 is 15.9 Å².